The summed E-state index contributed by atoms with van der Waals surface area (Å²) in [4.78, 5) is 2.23. The molecule has 1 atom stereocenters. The summed E-state index contributed by atoms with van der Waals surface area (Å²) in [6.07, 6.45) is 2.27. The standard InChI is InChI=1S/C13H18F2N2O/c14-13(15)18-12-6-2-1-5-10(12)11(9-16)17-7-3-4-8-17/h1-2,5-6,11,13H,3-4,7-9,16H2. The Morgan fingerprint density at radius 3 is 2.50 bits per heavy atom. The van der Waals surface area contributed by atoms with E-state index in [1.807, 2.05) is 12.1 Å². The van der Waals surface area contributed by atoms with Crippen LogP contribution < -0.4 is 10.5 Å². The van der Waals surface area contributed by atoms with Crippen molar-refractivity contribution in [3.8, 4) is 5.75 Å². The molecule has 0 radical (unpaired) electrons. The van der Waals surface area contributed by atoms with Gasteiger partial charge in [-0.3, -0.25) is 4.90 Å². The molecule has 1 unspecified atom stereocenters. The number of nitrogens with two attached hydrogens (primary N) is 1. The molecule has 2 rings (SSSR count). The molecule has 5 heteroatoms. The highest BCUT2D eigenvalue weighted by atomic mass is 19.3. The van der Waals surface area contributed by atoms with E-state index in [0.29, 0.717) is 6.54 Å². The summed E-state index contributed by atoms with van der Waals surface area (Å²) in [5.41, 5.74) is 6.55. The second-order valence-corrected chi connectivity index (χ2v) is 4.41. The zero-order chi connectivity index (χ0) is 13.0. The van der Waals surface area contributed by atoms with Gasteiger partial charge in [0.05, 0.1) is 6.04 Å². The van der Waals surface area contributed by atoms with E-state index in [4.69, 9.17) is 5.73 Å². The first-order valence-electron chi connectivity index (χ1n) is 6.20. The monoisotopic (exact) mass is 256 g/mol. The third kappa shape index (κ3) is 2.97. The number of benzene rings is 1. The third-order valence-electron chi connectivity index (χ3n) is 3.30. The fourth-order valence-electron chi connectivity index (χ4n) is 2.49. The van der Waals surface area contributed by atoms with Gasteiger partial charge in [0.25, 0.3) is 0 Å². The highest BCUT2D eigenvalue weighted by Gasteiger charge is 2.25. The van der Waals surface area contributed by atoms with Crippen molar-refractivity contribution in [2.24, 2.45) is 5.73 Å². The number of halogens is 2. The van der Waals surface area contributed by atoms with Crippen LogP contribution in [0.3, 0.4) is 0 Å². The molecule has 3 nitrogen and oxygen atoms in total. The van der Waals surface area contributed by atoms with Crippen molar-refractivity contribution >= 4 is 0 Å². The maximum Gasteiger partial charge on any atom is 0.387 e. The highest BCUT2D eigenvalue weighted by Crippen LogP contribution is 2.31. The Hall–Kier alpha value is -1.20. The van der Waals surface area contributed by atoms with E-state index >= 15 is 0 Å². The lowest BCUT2D eigenvalue weighted by molar-refractivity contribution is -0.0510. The third-order valence-corrected chi connectivity index (χ3v) is 3.30. The number of nitrogens with zero attached hydrogens (tertiary/aromatic N) is 1. The lowest BCUT2D eigenvalue weighted by Crippen LogP contribution is -2.31. The molecular formula is C13H18F2N2O. The van der Waals surface area contributed by atoms with Gasteiger partial charge in [-0.2, -0.15) is 8.78 Å². The smallest absolute Gasteiger partial charge is 0.387 e. The van der Waals surface area contributed by atoms with Gasteiger partial charge in [0.2, 0.25) is 0 Å². The molecule has 1 aliphatic rings. The van der Waals surface area contributed by atoms with Crippen molar-refractivity contribution in [1.82, 2.24) is 4.90 Å². The van der Waals surface area contributed by atoms with Crippen LogP contribution in [0, 0.1) is 0 Å². The Labute approximate surface area is 106 Å². The van der Waals surface area contributed by atoms with Gasteiger partial charge in [0, 0.05) is 12.1 Å². The van der Waals surface area contributed by atoms with E-state index in [1.165, 1.54) is 0 Å². The van der Waals surface area contributed by atoms with E-state index in [9.17, 15) is 8.78 Å². The normalized spacial score (nSPS) is 18.2. The number of alkyl halides is 2. The second kappa shape index (κ2) is 6.11. The molecule has 0 aliphatic carbocycles. The van der Waals surface area contributed by atoms with Crippen LogP contribution >= 0.6 is 0 Å². The van der Waals surface area contributed by atoms with Gasteiger partial charge < -0.3 is 10.5 Å². The fraction of sp³-hybridized carbons (Fsp3) is 0.538. The van der Waals surface area contributed by atoms with E-state index in [0.717, 1.165) is 31.5 Å². The number of rotatable bonds is 5. The summed E-state index contributed by atoms with van der Waals surface area (Å²) in [5, 5.41) is 0. The summed E-state index contributed by atoms with van der Waals surface area (Å²) in [6.45, 7) is -0.470. The molecule has 18 heavy (non-hydrogen) atoms. The maximum absolute atomic E-state index is 12.4. The van der Waals surface area contributed by atoms with Crippen LogP contribution in [0.1, 0.15) is 24.4 Å². The first kappa shape index (κ1) is 13.2. The summed E-state index contributed by atoms with van der Waals surface area (Å²) >= 11 is 0. The number of para-hydroxylation sites is 1. The van der Waals surface area contributed by atoms with Crippen LogP contribution in [0.4, 0.5) is 8.78 Å². The van der Waals surface area contributed by atoms with Gasteiger partial charge in [-0.05, 0) is 32.0 Å². The molecule has 0 saturated carbocycles. The van der Waals surface area contributed by atoms with Gasteiger partial charge in [0.15, 0.2) is 0 Å². The van der Waals surface area contributed by atoms with Gasteiger partial charge in [-0.25, -0.2) is 0 Å². The minimum atomic E-state index is -2.80. The Kier molecular flexibility index (Phi) is 4.49. The van der Waals surface area contributed by atoms with E-state index in [2.05, 4.69) is 9.64 Å². The van der Waals surface area contributed by atoms with E-state index in [1.54, 1.807) is 12.1 Å². The van der Waals surface area contributed by atoms with Gasteiger partial charge in [-0.1, -0.05) is 18.2 Å². The molecule has 0 spiro atoms. The molecule has 2 N–H and O–H groups in total. The number of hydrogen-bond acceptors (Lipinski definition) is 3. The number of likely N-dealkylation sites (tertiary alicyclic amines) is 1. The Morgan fingerprint density at radius 1 is 1.22 bits per heavy atom. The topological polar surface area (TPSA) is 38.5 Å². The molecule has 1 saturated heterocycles. The molecule has 100 valence electrons. The van der Waals surface area contributed by atoms with Crippen LogP contribution in [0.2, 0.25) is 0 Å². The van der Waals surface area contributed by atoms with Crippen molar-refractivity contribution in [3.63, 3.8) is 0 Å². The van der Waals surface area contributed by atoms with Crippen LogP contribution in [-0.2, 0) is 0 Å². The molecule has 1 aromatic carbocycles. The average Bonchev–Trinajstić information content (AvgIpc) is 2.85. The summed E-state index contributed by atoms with van der Waals surface area (Å²) in [7, 11) is 0. The number of ether oxygens (including phenoxy) is 1. The van der Waals surface area contributed by atoms with Crippen molar-refractivity contribution < 1.29 is 13.5 Å². The van der Waals surface area contributed by atoms with Gasteiger partial charge >= 0.3 is 6.61 Å². The van der Waals surface area contributed by atoms with Crippen molar-refractivity contribution in [3.05, 3.63) is 29.8 Å². The fourth-order valence-corrected chi connectivity index (χ4v) is 2.49. The second-order valence-electron chi connectivity index (χ2n) is 4.41. The Morgan fingerprint density at radius 2 is 1.89 bits per heavy atom. The zero-order valence-corrected chi connectivity index (χ0v) is 10.2. The molecule has 1 aromatic rings. The quantitative estimate of drug-likeness (QED) is 0.879. The van der Waals surface area contributed by atoms with E-state index in [-0.39, 0.29) is 11.8 Å². The minimum absolute atomic E-state index is 0.0394. The van der Waals surface area contributed by atoms with Crippen LogP contribution in [0.5, 0.6) is 5.75 Å². The molecule has 0 bridgehead atoms. The summed E-state index contributed by atoms with van der Waals surface area (Å²) in [5.74, 6) is 0.231. The Bertz CT molecular complexity index is 381. The largest absolute Gasteiger partial charge is 0.434 e. The molecule has 1 fully saturated rings. The first-order valence-corrected chi connectivity index (χ1v) is 6.20. The van der Waals surface area contributed by atoms with Crippen molar-refractivity contribution in [1.29, 1.82) is 0 Å². The first-order chi connectivity index (χ1) is 8.72. The van der Waals surface area contributed by atoms with Crippen LogP contribution in [-0.4, -0.2) is 31.1 Å². The lowest BCUT2D eigenvalue weighted by atomic mass is 10.0. The molecule has 0 amide bonds. The molecule has 0 aromatic heterocycles. The average molecular weight is 256 g/mol. The summed E-state index contributed by atoms with van der Waals surface area (Å²) < 4.78 is 29.3. The zero-order valence-electron chi connectivity index (χ0n) is 10.2. The predicted molar refractivity (Wildman–Crippen MR) is 65.7 cm³/mol. The van der Waals surface area contributed by atoms with Gasteiger partial charge in [0.1, 0.15) is 5.75 Å². The van der Waals surface area contributed by atoms with Crippen molar-refractivity contribution in [2.75, 3.05) is 19.6 Å². The van der Waals surface area contributed by atoms with Crippen molar-refractivity contribution in [2.45, 2.75) is 25.5 Å². The number of hydrogen-bond donors (Lipinski definition) is 1. The predicted octanol–water partition coefficient (Wildman–Crippen LogP) is 2.38. The molecule has 1 heterocycles. The maximum atomic E-state index is 12.4. The Balaban J connectivity index is 2.23. The molecular weight excluding hydrogens is 238 g/mol. The molecule has 1 aliphatic heterocycles. The SMILES string of the molecule is NCC(c1ccccc1OC(F)F)N1CCCC1. The summed E-state index contributed by atoms with van der Waals surface area (Å²) in [6, 6.07) is 6.86. The minimum Gasteiger partial charge on any atom is -0.434 e. The highest BCUT2D eigenvalue weighted by molar-refractivity contribution is 5.36. The van der Waals surface area contributed by atoms with Gasteiger partial charge in [-0.15, -0.1) is 0 Å². The van der Waals surface area contributed by atoms with Crippen LogP contribution in [0.25, 0.3) is 0 Å². The lowest BCUT2D eigenvalue weighted by Gasteiger charge is -2.28. The van der Waals surface area contributed by atoms with Crippen LogP contribution in [0.15, 0.2) is 24.3 Å². The van der Waals surface area contributed by atoms with E-state index < -0.39 is 6.61 Å².